The highest BCUT2D eigenvalue weighted by molar-refractivity contribution is 5.76. The van der Waals surface area contributed by atoms with E-state index in [1.165, 1.54) is 0 Å². The lowest BCUT2D eigenvalue weighted by Gasteiger charge is -2.34. The number of hydrogen-bond donors (Lipinski definition) is 4. The molecular weight excluding hydrogens is 370 g/mol. The number of rotatable bonds is 18. The maximum absolute atomic E-state index is 11.9. The predicted octanol–water partition coefficient (Wildman–Crippen LogP) is 2.21. The Morgan fingerprint density at radius 2 is 1.10 bits per heavy atom. The van der Waals surface area contributed by atoms with E-state index in [0.29, 0.717) is 51.9 Å². The number of nitrogens with one attached hydrogen (secondary N) is 2. The SMILES string of the molecule is CCC/C=C/CCC(=O)NCC[N+](CO)(CO)CCNC(=O)CC/C=C/CCC. The molecule has 29 heavy (non-hydrogen) atoms. The molecule has 0 aliphatic rings. The molecule has 0 radical (unpaired) electrons. The van der Waals surface area contributed by atoms with Gasteiger partial charge in [0.05, 0.1) is 26.2 Å². The predicted molar refractivity (Wildman–Crippen MR) is 117 cm³/mol. The first-order valence-corrected chi connectivity index (χ1v) is 10.9. The highest BCUT2D eigenvalue weighted by Crippen LogP contribution is 2.03. The molecule has 0 fully saturated rings. The van der Waals surface area contributed by atoms with E-state index in [-0.39, 0.29) is 29.8 Å². The van der Waals surface area contributed by atoms with Gasteiger partial charge in [-0.15, -0.1) is 0 Å². The van der Waals surface area contributed by atoms with Gasteiger partial charge in [0.1, 0.15) is 0 Å². The van der Waals surface area contributed by atoms with Crippen LogP contribution in [0.5, 0.6) is 0 Å². The lowest BCUT2D eigenvalue weighted by atomic mass is 10.2. The third kappa shape index (κ3) is 14.9. The van der Waals surface area contributed by atoms with Crippen molar-refractivity contribution in [1.82, 2.24) is 10.6 Å². The number of hydrogen-bond acceptors (Lipinski definition) is 4. The fraction of sp³-hybridized carbons (Fsp3) is 0.727. The first-order valence-electron chi connectivity index (χ1n) is 10.9. The van der Waals surface area contributed by atoms with Gasteiger partial charge < -0.3 is 20.8 Å². The van der Waals surface area contributed by atoms with E-state index in [9.17, 15) is 19.8 Å². The van der Waals surface area contributed by atoms with Gasteiger partial charge in [-0.1, -0.05) is 51.0 Å². The molecule has 0 aliphatic heterocycles. The number of amides is 2. The monoisotopic (exact) mass is 412 g/mol. The van der Waals surface area contributed by atoms with Crippen LogP contribution in [0.15, 0.2) is 24.3 Å². The first kappa shape index (κ1) is 27.3. The van der Waals surface area contributed by atoms with E-state index in [0.717, 1.165) is 25.7 Å². The van der Waals surface area contributed by atoms with E-state index in [1.807, 2.05) is 12.2 Å². The fourth-order valence-electron chi connectivity index (χ4n) is 2.71. The smallest absolute Gasteiger partial charge is 0.220 e. The second-order valence-electron chi connectivity index (χ2n) is 7.37. The van der Waals surface area contributed by atoms with Crippen LogP contribution in [0.1, 0.15) is 65.2 Å². The number of nitrogens with zero attached hydrogens (tertiary/aromatic N) is 1. The molecule has 0 rings (SSSR count). The Morgan fingerprint density at radius 3 is 1.45 bits per heavy atom. The van der Waals surface area contributed by atoms with Crippen molar-refractivity contribution in [2.24, 2.45) is 0 Å². The minimum absolute atomic E-state index is 0.0212. The Labute approximate surface area is 176 Å². The maximum Gasteiger partial charge on any atom is 0.220 e. The summed E-state index contributed by atoms with van der Waals surface area (Å²) in [7, 11) is 0. The molecule has 0 aromatic carbocycles. The highest BCUT2D eigenvalue weighted by Gasteiger charge is 2.25. The van der Waals surface area contributed by atoms with E-state index < -0.39 is 0 Å². The van der Waals surface area contributed by atoms with Crippen LogP contribution in [-0.2, 0) is 9.59 Å². The Kier molecular flexibility index (Phi) is 17.3. The van der Waals surface area contributed by atoms with Gasteiger partial charge in [-0.3, -0.25) is 14.1 Å². The van der Waals surface area contributed by atoms with Gasteiger partial charge in [0.2, 0.25) is 11.8 Å². The lowest BCUT2D eigenvalue weighted by molar-refractivity contribution is -0.959. The third-order valence-electron chi connectivity index (χ3n) is 4.74. The van der Waals surface area contributed by atoms with Crippen LogP contribution in [0, 0.1) is 0 Å². The molecule has 0 saturated carbocycles. The van der Waals surface area contributed by atoms with Crippen LogP contribution < -0.4 is 10.6 Å². The van der Waals surface area contributed by atoms with Crippen LogP contribution in [0.3, 0.4) is 0 Å². The van der Waals surface area contributed by atoms with Crippen molar-refractivity contribution >= 4 is 11.8 Å². The van der Waals surface area contributed by atoms with Gasteiger partial charge in [0.15, 0.2) is 13.5 Å². The zero-order valence-electron chi connectivity index (χ0n) is 18.4. The number of quaternary nitrogens is 1. The summed E-state index contributed by atoms with van der Waals surface area (Å²) in [6, 6.07) is 0. The summed E-state index contributed by atoms with van der Waals surface area (Å²) in [5.41, 5.74) is 0. The molecule has 0 saturated heterocycles. The first-order chi connectivity index (χ1) is 14.0. The van der Waals surface area contributed by atoms with E-state index >= 15 is 0 Å². The summed E-state index contributed by atoms with van der Waals surface area (Å²) in [5, 5.41) is 25.1. The van der Waals surface area contributed by atoms with E-state index in [1.54, 1.807) is 0 Å². The minimum atomic E-state index is -0.248. The number of unbranched alkanes of at least 4 members (excludes halogenated alkanes) is 2. The number of aliphatic hydroxyl groups excluding tert-OH is 2. The van der Waals surface area contributed by atoms with Crippen molar-refractivity contribution < 1.29 is 24.3 Å². The fourth-order valence-corrected chi connectivity index (χ4v) is 2.71. The van der Waals surface area contributed by atoms with Crippen molar-refractivity contribution in [3.63, 3.8) is 0 Å². The molecule has 0 bridgehead atoms. The summed E-state index contributed by atoms with van der Waals surface area (Å²) >= 11 is 0. The maximum atomic E-state index is 11.9. The number of carbonyl (C=O) groups is 2. The summed E-state index contributed by atoms with van der Waals surface area (Å²) < 4.78 is 0.0212. The molecule has 7 nitrogen and oxygen atoms in total. The van der Waals surface area contributed by atoms with Gasteiger partial charge in [-0.2, -0.15) is 0 Å². The topological polar surface area (TPSA) is 98.7 Å². The Balaban J connectivity index is 4.13. The largest absolute Gasteiger partial charge is 0.350 e. The van der Waals surface area contributed by atoms with Gasteiger partial charge >= 0.3 is 0 Å². The van der Waals surface area contributed by atoms with Gasteiger partial charge in [-0.25, -0.2) is 0 Å². The normalized spacial score (nSPS) is 12.0. The molecule has 4 N–H and O–H groups in total. The number of carbonyl (C=O) groups excluding carboxylic acids is 2. The van der Waals surface area contributed by atoms with Crippen LogP contribution in [0.2, 0.25) is 0 Å². The van der Waals surface area contributed by atoms with E-state index in [4.69, 9.17) is 0 Å². The molecule has 0 unspecified atom stereocenters. The van der Waals surface area contributed by atoms with Crippen molar-refractivity contribution in [3.05, 3.63) is 24.3 Å². The summed E-state index contributed by atoms with van der Waals surface area (Å²) in [5.74, 6) is -0.0749. The molecular formula is C22H42N3O4+. The zero-order valence-corrected chi connectivity index (χ0v) is 18.4. The third-order valence-corrected chi connectivity index (χ3v) is 4.74. The van der Waals surface area contributed by atoms with Crippen LogP contribution in [0.4, 0.5) is 0 Å². The van der Waals surface area contributed by atoms with Crippen molar-refractivity contribution in [2.45, 2.75) is 65.2 Å². The Bertz CT molecular complexity index is 448. The van der Waals surface area contributed by atoms with Gasteiger partial charge in [-0.05, 0) is 25.7 Å². The van der Waals surface area contributed by atoms with Crippen LogP contribution >= 0.6 is 0 Å². The molecule has 0 aromatic rings. The Hall–Kier alpha value is -1.70. The average molecular weight is 413 g/mol. The standard InChI is InChI=1S/C22H41N3O4/c1-3-5-7-9-11-13-21(28)23-15-17-25(19-26,20-27)18-16-24-22(29)14-12-10-8-6-4-2/h7-10,26-27H,3-6,11-20H2,1-2H3,(H-,23,24,28,29)/p+1/b9-7+,10-8+. The van der Waals surface area contributed by atoms with Crippen LogP contribution in [0.25, 0.3) is 0 Å². The zero-order chi connectivity index (χ0) is 21.8. The Morgan fingerprint density at radius 1 is 0.724 bits per heavy atom. The lowest BCUT2D eigenvalue weighted by Crippen LogP contribution is -2.56. The molecule has 168 valence electrons. The second-order valence-corrected chi connectivity index (χ2v) is 7.37. The van der Waals surface area contributed by atoms with E-state index in [2.05, 4.69) is 36.6 Å². The molecule has 0 aliphatic carbocycles. The van der Waals surface area contributed by atoms with Crippen molar-refractivity contribution in [2.75, 3.05) is 39.6 Å². The van der Waals surface area contributed by atoms with Gasteiger partial charge in [0, 0.05) is 12.8 Å². The molecule has 0 spiro atoms. The van der Waals surface area contributed by atoms with Gasteiger partial charge in [0.25, 0.3) is 0 Å². The molecule has 0 heterocycles. The van der Waals surface area contributed by atoms with Crippen molar-refractivity contribution in [1.29, 1.82) is 0 Å². The highest BCUT2D eigenvalue weighted by atomic mass is 16.3. The molecule has 7 heteroatoms. The quantitative estimate of drug-likeness (QED) is 0.158. The molecule has 2 amide bonds. The van der Waals surface area contributed by atoms with Crippen LogP contribution in [-0.4, -0.2) is 66.2 Å². The second kappa shape index (κ2) is 18.3. The number of aliphatic hydroxyl groups is 2. The molecule has 0 atom stereocenters. The summed E-state index contributed by atoms with van der Waals surface area (Å²) in [6.07, 6.45) is 14.8. The number of allylic oxidation sites excluding steroid dienone is 4. The van der Waals surface area contributed by atoms with Crippen molar-refractivity contribution in [3.8, 4) is 0 Å². The minimum Gasteiger partial charge on any atom is -0.350 e. The average Bonchev–Trinajstić information content (AvgIpc) is 2.72. The molecule has 0 aromatic heterocycles. The summed E-state index contributed by atoms with van der Waals surface area (Å²) in [6.45, 7) is 5.27. The summed E-state index contributed by atoms with van der Waals surface area (Å²) in [4.78, 5) is 23.7.